The van der Waals surface area contributed by atoms with Crippen LogP contribution in [-0.2, 0) is 14.2 Å². The molecule has 0 radical (unpaired) electrons. The van der Waals surface area contributed by atoms with Gasteiger partial charge in [-0.2, -0.15) is 0 Å². The molecule has 0 aliphatic carbocycles. The Labute approximate surface area is 276 Å². The molecule has 2 aromatic heterocycles. The zero-order chi connectivity index (χ0) is 35.1. The van der Waals surface area contributed by atoms with Gasteiger partial charge in [-0.05, 0) is 78.6 Å². The molecular formula is C33H40F2N6O7. The van der Waals surface area contributed by atoms with Gasteiger partial charge in [-0.3, -0.25) is 20.4 Å². The number of rotatable bonds is 4. The van der Waals surface area contributed by atoms with E-state index in [1.54, 1.807) is 60.4 Å². The number of aromatic nitrogens is 2. The van der Waals surface area contributed by atoms with Crippen LogP contribution < -0.4 is 20.3 Å². The summed E-state index contributed by atoms with van der Waals surface area (Å²) in [6.07, 6.45) is -2.00. The quantitative estimate of drug-likeness (QED) is 0.298. The lowest BCUT2D eigenvalue weighted by Crippen LogP contribution is -2.42. The van der Waals surface area contributed by atoms with Crippen molar-refractivity contribution < 1.29 is 42.1 Å². The molecule has 4 heterocycles. The zero-order valence-corrected chi connectivity index (χ0v) is 28.2. The third-order valence-corrected chi connectivity index (χ3v) is 7.46. The molecule has 1 fully saturated rings. The lowest BCUT2D eigenvalue weighted by Gasteiger charge is -2.32. The van der Waals surface area contributed by atoms with Gasteiger partial charge < -0.3 is 18.9 Å². The average molecular weight is 671 g/mol. The Hall–Kier alpha value is -4.79. The molecule has 1 saturated heterocycles. The van der Waals surface area contributed by atoms with Crippen LogP contribution in [0.3, 0.4) is 0 Å². The smallest absolute Gasteiger partial charge is 0.415 e. The summed E-state index contributed by atoms with van der Waals surface area (Å²) in [4.78, 5) is 50.4. The van der Waals surface area contributed by atoms with E-state index in [0.717, 1.165) is 0 Å². The van der Waals surface area contributed by atoms with Gasteiger partial charge in [0, 0.05) is 42.0 Å². The Morgan fingerprint density at radius 2 is 1.67 bits per heavy atom. The number of halogens is 2. The number of alkyl halides is 1. The van der Waals surface area contributed by atoms with E-state index < -0.39 is 47.6 Å². The van der Waals surface area contributed by atoms with E-state index >= 15 is 4.39 Å². The summed E-state index contributed by atoms with van der Waals surface area (Å²) >= 11 is 0. The molecule has 5 rings (SSSR count). The predicted octanol–water partition coefficient (Wildman–Crippen LogP) is 6.43. The number of ether oxygens (including phenoxy) is 4. The molecule has 13 nitrogen and oxygen atoms in total. The zero-order valence-electron chi connectivity index (χ0n) is 28.2. The highest BCUT2D eigenvalue weighted by Gasteiger charge is 2.35. The molecule has 48 heavy (non-hydrogen) atoms. The number of anilines is 3. The van der Waals surface area contributed by atoms with Gasteiger partial charge in [0.1, 0.15) is 35.4 Å². The number of likely N-dealkylation sites (tertiary alicyclic amines) is 1. The number of hydrogen-bond donors (Lipinski definition) is 2. The molecule has 258 valence electrons. The van der Waals surface area contributed by atoms with Gasteiger partial charge in [-0.15, -0.1) is 0 Å². The van der Waals surface area contributed by atoms with Crippen LogP contribution >= 0.6 is 0 Å². The SMILES string of the molecule is Cc1c(-c2cc3cc(NC(=O)OC4CN(C)CC4F)ncc3c(NC(=O)OC(C)(C)C)c2F)cnc2c1N(C(=O)OC(C)(C)C)CCO2. The van der Waals surface area contributed by atoms with Crippen molar-refractivity contribution in [1.82, 2.24) is 14.9 Å². The number of pyridine rings is 2. The third kappa shape index (κ3) is 7.67. The normalized spacial score (nSPS) is 18.2. The number of amides is 3. The Bertz CT molecular complexity index is 1760. The van der Waals surface area contributed by atoms with Crippen molar-refractivity contribution in [3.63, 3.8) is 0 Å². The van der Waals surface area contributed by atoms with Crippen LogP contribution in [0.1, 0.15) is 47.1 Å². The van der Waals surface area contributed by atoms with E-state index in [9.17, 15) is 18.8 Å². The van der Waals surface area contributed by atoms with Gasteiger partial charge in [0.25, 0.3) is 0 Å². The molecule has 2 aliphatic rings. The highest BCUT2D eigenvalue weighted by molar-refractivity contribution is 6.05. The number of nitrogens with zero attached hydrogens (tertiary/aromatic N) is 4. The highest BCUT2D eigenvalue weighted by Crippen LogP contribution is 2.42. The number of nitrogens with one attached hydrogen (secondary N) is 2. The third-order valence-electron chi connectivity index (χ3n) is 7.46. The number of fused-ring (bicyclic) bond motifs is 2. The fraction of sp³-hybridized carbons (Fsp3) is 0.485. The first-order chi connectivity index (χ1) is 22.4. The van der Waals surface area contributed by atoms with Crippen LogP contribution in [-0.4, -0.2) is 89.9 Å². The van der Waals surface area contributed by atoms with Gasteiger partial charge in [0.05, 0.1) is 12.2 Å². The Morgan fingerprint density at radius 3 is 2.31 bits per heavy atom. The fourth-order valence-electron chi connectivity index (χ4n) is 5.47. The second-order valence-electron chi connectivity index (χ2n) is 13.8. The van der Waals surface area contributed by atoms with Crippen molar-refractivity contribution in [3.05, 3.63) is 35.9 Å². The number of carbonyl (C=O) groups is 3. The molecule has 15 heteroatoms. The van der Waals surface area contributed by atoms with E-state index in [4.69, 9.17) is 18.9 Å². The first kappa shape index (κ1) is 34.5. The highest BCUT2D eigenvalue weighted by atomic mass is 19.1. The maximum atomic E-state index is 16.6. The number of benzene rings is 1. The molecule has 0 saturated carbocycles. The summed E-state index contributed by atoms with van der Waals surface area (Å²) in [5, 5.41) is 5.57. The van der Waals surface area contributed by atoms with Crippen molar-refractivity contribution >= 4 is 46.2 Å². The topological polar surface area (TPSA) is 144 Å². The molecule has 2 atom stereocenters. The molecule has 3 aromatic rings. The van der Waals surface area contributed by atoms with Crippen LogP contribution in [0.5, 0.6) is 5.88 Å². The van der Waals surface area contributed by atoms with Crippen molar-refractivity contribution in [1.29, 1.82) is 0 Å². The molecule has 2 aliphatic heterocycles. The number of likely N-dealkylation sites (N-methyl/N-ethyl adjacent to an activating group) is 1. The maximum absolute atomic E-state index is 16.6. The van der Waals surface area contributed by atoms with Gasteiger partial charge >= 0.3 is 18.3 Å². The Balaban J connectivity index is 1.58. The number of hydrogen-bond acceptors (Lipinski definition) is 10. The molecule has 3 amide bonds. The predicted molar refractivity (Wildman–Crippen MR) is 175 cm³/mol. The van der Waals surface area contributed by atoms with Crippen LogP contribution in [0.4, 0.5) is 40.4 Å². The van der Waals surface area contributed by atoms with Crippen LogP contribution in [0.15, 0.2) is 24.5 Å². The van der Waals surface area contributed by atoms with Crippen molar-refractivity contribution in [2.45, 2.75) is 71.9 Å². The van der Waals surface area contributed by atoms with Gasteiger partial charge in [-0.1, -0.05) is 0 Å². The standard InChI is InChI=1S/C33H40F2N6O7/c1-17-20(13-37-28-27(17)41(9-10-45-28)31(44)48-33(5,6)7)19-11-18-12-24(38-29(42)46-23-16-40(8)15-22(23)34)36-14-21(18)26(25(19)35)39-30(43)47-32(2,3)4/h11-14,22-23H,9-10,15-16H2,1-8H3,(H,39,43)(H,36,38,42). The summed E-state index contributed by atoms with van der Waals surface area (Å²) in [6.45, 7) is 12.7. The molecule has 2 unspecified atom stereocenters. The Morgan fingerprint density at radius 1 is 0.958 bits per heavy atom. The Kier molecular flexibility index (Phi) is 9.37. The second-order valence-corrected chi connectivity index (χ2v) is 13.8. The van der Waals surface area contributed by atoms with Crippen molar-refractivity contribution in [2.75, 3.05) is 48.8 Å². The van der Waals surface area contributed by atoms with E-state index in [0.29, 0.717) is 22.2 Å². The minimum Gasteiger partial charge on any atom is -0.474 e. The van der Waals surface area contributed by atoms with Gasteiger partial charge in [0.15, 0.2) is 12.0 Å². The van der Waals surface area contributed by atoms with Gasteiger partial charge in [-0.25, -0.2) is 33.1 Å². The molecule has 2 N–H and O–H groups in total. The fourth-order valence-corrected chi connectivity index (χ4v) is 5.47. The summed E-state index contributed by atoms with van der Waals surface area (Å²) in [6, 6.07) is 2.97. The second kappa shape index (κ2) is 13.0. The summed E-state index contributed by atoms with van der Waals surface area (Å²) in [7, 11) is 1.72. The number of carbonyl (C=O) groups excluding carboxylic acids is 3. The van der Waals surface area contributed by atoms with E-state index in [1.807, 2.05) is 0 Å². The van der Waals surface area contributed by atoms with Crippen LogP contribution in [0.2, 0.25) is 0 Å². The van der Waals surface area contributed by atoms with E-state index in [1.165, 1.54) is 29.4 Å². The molecular weight excluding hydrogens is 630 g/mol. The first-order valence-electron chi connectivity index (χ1n) is 15.5. The summed E-state index contributed by atoms with van der Waals surface area (Å²) in [5.74, 6) is -0.598. The van der Waals surface area contributed by atoms with Crippen LogP contribution in [0.25, 0.3) is 21.9 Å². The summed E-state index contributed by atoms with van der Waals surface area (Å²) in [5.41, 5.74) is -0.780. The van der Waals surface area contributed by atoms with E-state index in [2.05, 4.69) is 20.6 Å². The molecule has 1 aromatic carbocycles. The summed E-state index contributed by atoms with van der Waals surface area (Å²) < 4.78 is 52.8. The largest absolute Gasteiger partial charge is 0.474 e. The minimum absolute atomic E-state index is 0.0186. The monoisotopic (exact) mass is 670 g/mol. The lowest BCUT2D eigenvalue weighted by molar-refractivity contribution is 0.0564. The van der Waals surface area contributed by atoms with Crippen molar-refractivity contribution in [2.24, 2.45) is 0 Å². The maximum Gasteiger partial charge on any atom is 0.415 e. The molecule has 0 spiro atoms. The lowest BCUT2D eigenvalue weighted by atomic mass is 9.96. The average Bonchev–Trinajstić information content (AvgIpc) is 3.28. The first-order valence-corrected chi connectivity index (χ1v) is 15.5. The van der Waals surface area contributed by atoms with E-state index in [-0.39, 0.29) is 54.6 Å². The van der Waals surface area contributed by atoms with Gasteiger partial charge in [0.2, 0.25) is 5.88 Å². The minimum atomic E-state index is -1.33. The van der Waals surface area contributed by atoms with Crippen LogP contribution in [0, 0.1) is 12.7 Å². The molecule has 0 bridgehead atoms. The van der Waals surface area contributed by atoms with Crippen molar-refractivity contribution in [3.8, 4) is 17.0 Å².